The second kappa shape index (κ2) is 12.8. The zero-order chi connectivity index (χ0) is 9.11. The minimum Gasteiger partial charge on any atom is -0.317 e. The van der Waals surface area contributed by atoms with Gasteiger partial charge in [-0.2, -0.15) is 0 Å². The first kappa shape index (κ1) is 13.7. The topological polar surface area (TPSA) is 12.0 Å². The Morgan fingerprint density at radius 3 is 1.36 bits per heavy atom. The number of hydrogen-bond acceptors (Lipinski definition) is 1. The van der Waals surface area contributed by atoms with Crippen LogP contribution in [0, 0.1) is 0 Å². The third-order valence-corrected chi connectivity index (χ3v) is 0.854. The predicted octanol–water partition coefficient (Wildman–Crippen LogP) is 2.50. The second-order valence-corrected chi connectivity index (χ2v) is 6.95. The molecule has 0 aromatic carbocycles. The highest BCUT2D eigenvalue weighted by molar-refractivity contribution is 6.54. The quantitative estimate of drug-likeness (QED) is 0.511. The van der Waals surface area contributed by atoms with Gasteiger partial charge < -0.3 is 5.32 Å². The van der Waals surface area contributed by atoms with Crippen LogP contribution in [0.15, 0.2) is 0 Å². The van der Waals surface area contributed by atoms with Gasteiger partial charge in [-0.05, 0) is 25.9 Å². The molecule has 0 heterocycles. The van der Waals surface area contributed by atoms with Crippen molar-refractivity contribution in [2.24, 2.45) is 0 Å². The van der Waals surface area contributed by atoms with E-state index in [2.05, 4.69) is 38.8 Å². The van der Waals surface area contributed by atoms with Crippen LogP contribution in [0.1, 0.15) is 26.7 Å². The molecule has 70 valence electrons. The molecule has 2 heteroatoms. The normalized spacial score (nSPS) is 9.27. The lowest BCUT2D eigenvalue weighted by Crippen LogP contribution is -2.14. The summed E-state index contributed by atoms with van der Waals surface area (Å²) >= 11 is 0. The van der Waals surface area contributed by atoms with Crippen LogP contribution < -0.4 is 5.32 Å². The van der Waals surface area contributed by atoms with E-state index >= 15 is 0 Å². The van der Waals surface area contributed by atoms with Crippen LogP contribution in [0.25, 0.3) is 0 Å². The molecule has 0 atom stereocenters. The maximum atomic E-state index is 3.28. The van der Waals surface area contributed by atoms with E-state index in [0.29, 0.717) is 0 Å². The summed E-state index contributed by atoms with van der Waals surface area (Å²) in [6, 6.07) is 0. The summed E-state index contributed by atoms with van der Waals surface area (Å²) in [5.74, 6) is 0. The molecule has 0 fully saturated rings. The van der Waals surface area contributed by atoms with Gasteiger partial charge in [0.15, 0.2) is 0 Å². The van der Waals surface area contributed by atoms with E-state index in [1.807, 2.05) is 0 Å². The first-order valence-corrected chi connectivity index (χ1v) is 8.32. The minimum absolute atomic E-state index is 0.139. The van der Waals surface area contributed by atoms with Gasteiger partial charge >= 0.3 is 0 Å². The van der Waals surface area contributed by atoms with Crippen LogP contribution in [-0.2, 0) is 0 Å². The van der Waals surface area contributed by atoms with Gasteiger partial charge in [-0.1, -0.05) is 33.5 Å². The highest BCUT2D eigenvalue weighted by atomic mass is 28.3. The fourth-order valence-corrected chi connectivity index (χ4v) is 0.479. The molecule has 0 radical (unpaired) electrons. The Balaban J connectivity index is 0. The minimum atomic E-state index is -0.139. The molecule has 0 saturated carbocycles. The van der Waals surface area contributed by atoms with Crippen LogP contribution in [0.2, 0.25) is 19.6 Å². The van der Waals surface area contributed by atoms with Crippen molar-refractivity contribution in [1.29, 1.82) is 0 Å². The fourth-order valence-electron chi connectivity index (χ4n) is 0.479. The van der Waals surface area contributed by atoms with Crippen molar-refractivity contribution in [3.8, 4) is 0 Å². The van der Waals surface area contributed by atoms with Gasteiger partial charge in [-0.25, -0.2) is 0 Å². The summed E-state index contributed by atoms with van der Waals surface area (Å²) in [7, 11) is -0.139. The molecule has 0 saturated heterocycles. The Bertz CT molecular complexity index is 48.8. The Labute approximate surface area is 74.2 Å². The molecular formula is C9H25NSi. The lowest BCUT2D eigenvalue weighted by Gasteiger charge is -1.95. The van der Waals surface area contributed by atoms with E-state index in [1.165, 1.54) is 25.9 Å². The zero-order valence-electron chi connectivity index (χ0n) is 8.91. The average Bonchev–Trinajstić information content (AvgIpc) is 1.88. The van der Waals surface area contributed by atoms with Gasteiger partial charge in [-0.15, -0.1) is 0 Å². The van der Waals surface area contributed by atoms with Crippen molar-refractivity contribution in [2.75, 3.05) is 13.1 Å². The van der Waals surface area contributed by atoms with Crippen LogP contribution in [0.3, 0.4) is 0 Å². The van der Waals surface area contributed by atoms with Crippen molar-refractivity contribution < 1.29 is 0 Å². The van der Waals surface area contributed by atoms with Gasteiger partial charge in [-0.3, -0.25) is 0 Å². The van der Waals surface area contributed by atoms with Crippen LogP contribution in [0.5, 0.6) is 0 Å². The van der Waals surface area contributed by atoms with Crippen molar-refractivity contribution in [1.82, 2.24) is 5.32 Å². The molecule has 0 spiro atoms. The van der Waals surface area contributed by atoms with Crippen LogP contribution >= 0.6 is 0 Å². The molecule has 0 aliphatic heterocycles. The summed E-state index contributed by atoms with van der Waals surface area (Å²) in [5.41, 5.74) is 0. The smallest absolute Gasteiger partial charge is 0.0274 e. The van der Waals surface area contributed by atoms with E-state index in [9.17, 15) is 0 Å². The van der Waals surface area contributed by atoms with Crippen molar-refractivity contribution >= 4 is 8.80 Å². The third kappa shape index (κ3) is 39.0. The number of hydrogen-bond donors (Lipinski definition) is 1. The SMILES string of the molecule is CCCNCCC.C[SiH](C)C. The Morgan fingerprint density at radius 2 is 1.18 bits per heavy atom. The van der Waals surface area contributed by atoms with Crippen LogP contribution in [-0.4, -0.2) is 21.9 Å². The van der Waals surface area contributed by atoms with Crippen molar-refractivity contribution in [3.63, 3.8) is 0 Å². The lowest BCUT2D eigenvalue weighted by molar-refractivity contribution is 0.662. The molecule has 0 bridgehead atoms. The molecule has 0 aliphatic rings. The Kier molecular flexibility index (Phi) is 16.0. The fraction of sp³-hybridized carbons (Fsp3) is 1.00. The molecule has 0 rings (SSSR count). The van der Waals surface area contributed by atoms with Crippen molar-refractivity contribution in [2.45, 2.75) is 46.3 Å². The molecule has 0 aliphatic carbocycles. The lowest BCUT2D eigenvalue weighted by atomic mass is 10.4. The largest absolute Gasteiger partial charge is 0.317 e. The first-order chi connectivity index (χ1) is 5.15. The highest BCUT2D eigenvalue weighted by Gasteiger charge is 1.76. The highest BCUT2D eigenvalue weighted by Crippen LogP contribution is 1.71. The standard InChI is InChI=1S/C6H15N.C3H10Si/c1-3-5-7-6-4-2;1-4(2)3/h7H,3-6H2,1-2H3;4H,1-3H3. The maximum absolute atomic E-state index is 3.28. The number of rotatable bonds is 4. The van der Waals surface area contributed by atoms with Gasteiger partial charge in [0, 0.05) is 8.80 Å². The summed E-state index contributed by atoms with van der Waals surface area (Å²) in [4.78, 5) is 0. The molecular weight excluding hydrogens is 150 g/mol. The molecule has 1 nitrogen and oxygen atoms in total. The van der Waals surface area contributed by atoms with Crippen LogP contribution in [0.4, 0.5) is 0 Å². The molecule has 0 amide bonds. The molecule has 11 heavy (non-hydrogen) atoms. The summed E-state index contributed by atoms with van der Waals surface area (Å²) in [6.07, 6.45) is 2.50. The van der Waals surface area contributed by atoms with E-state index in [-0.39, 0.29) is 8.80 Å². The van der Waals surface area contributed by atoms with E-state index in [0.717, 1.165) is 0 Å². The van der Waals surface area contributed by atoms with Gasteiger partial charge in [0.1, 0.15) is 0 Å². The second-order valence-electron chi connectivity index (χ2n) is 3.48. The molecule has 1 N–H and O–H groups in total. The molecule has 0 unspecified atom stereocenters. The monoisotopic (exact) mass is 175 g/mol. The van der Waals surface area contributed by atoms with Gasteiger partial charge in [0.25, 0.3) is 0 Å². The Morgan fingerprint density at radius 1 is 0.909 bits per heavy atom. The summed E-state index contributed by atoms with van der Waals surface area (Å²) in [5, 5.41) is 3.28. The maximum Gasteiger partial charge on any atom is 0.0274 e. The number of nitrogens with one attached hydrogen (secondary N) is 1. The van der Waals surface area contributed by atoms with E-state index in [4.69, 9.17) is 0 Å². The zero-order valence-corrected chi connectivity index (χ0v) is 10.1. The summed E-state index contributed by atoms with van der Waals surface area (Å²) < 4.78 is 0. The van der Waals surface area contributed by atoms with Gasteiger partial charge in [0.2, 0.25) is 0 Å². The Hall–Kier alpha value is 0.177. The third-order valence-electron chi connectivity index (χ3n) is 0.854. The molecule has 0 aromatic heterocycles. The van der Waals surface area contributed by atoms with E-state index in [1.54, 1.807) is 0 Å². The summed E-state index contributed by atoms with van der Waals surface area (Å²) in [6.45, 7) is 13.6. The van der Waals surface area contributed by atoms with E-state index < -0.39 is 0 Å². The average molecular weight is 175 g/mol. The van der Waals surface area contributed by atoms with Crippen molar-refractivity contribution in [3.05, 3.63) is 0 Å². The molecule has 0 aromatic rings. The predicted molar refractivity (Wildman–Crippen MR) is 58.2 cm³/mol. The van der Waals surface area contributed by atoms with Gasteiger partial charge in [0.05, 0.1) is 0 Å². The first-order valence-electron chi connectivity index (χ1n) is 4.85.